The molecule has 32 heavy (non-hydrogen) atoms. The zero-order valence-corrected chi connectivity index (χ0v) is 19.0. The fourth-order valence-corrected chi connectivity index (χ4v) is 5.23. The number of hydrogen-bond acceptors (Lipinski definition) is 5. The summed E-state index contributed by atoms with van der Waals surface area (Å²) in [5.41, 5.74) is 2.39. The first-order valence-corrected chi connectivity index (χ1v) is 11.8. The first-order valence-electron chi connectivity index (χ1n) is 10.6. The summed E-state index contributed by atoms with van der Waals surface area (Å²) in [4.78, 5) is 16.4. The van der Waals surface area contributed by atoms with E-state index in [1.807, 2.05) is 30.3 Å². The summed E-state index contributed by atoms with van der Waals surface area (Å²) in [5.74, 6) is 0.936. The number of benzene rings is 3. The third kappa shape index (κ3) is 4.24. The molecule has 0 spiro atoms. The van der Waals surface area contributed by atoms with Crippen molar-refractivity contribution in [1.29, 1.82) is 0 Å². The Morgan fingerprint density at radius 1 is 1.03 bits per heavy atom. The number of phenols is 1. The van der Waals surface area contributed by atoms with E-state index in [1.165, 1.54) is 17.8 Å². The largest absolute Gasteiger partial charge is 0.508 e. The fraction of sp³-hybridized carbons (Fsp3) is 0.192. The van der Waals surface area contributed by atoms with Crippen LogP contribution in [0.5, 0.6) is 11.5 Å². The molecule has 1 N–H and O–H groups in total. The van der Waals surface area contributed by atoms with Crippen LogP contribution in [0.3, 0.4) is 0 Å². The molecule has 0 aliphatic carbocycles. The second kappa shape index (κ2) is 8.94. The summed E-state index contributed by atoms with van der Waals surface area (Å²) in [6.45, 7) is 3.93. The first-order chi connectivity index (χ1) is 15.6. The number of rotatable bonds is 7. The second-order valence-corrected chi connectivity index (χ2v) is 9.38. The lowest BCUT2D eigenvalue weighted by molar-refractivity contribution is 0.104. The van der Waals surface area contributed by atoms with Crippen LogP contribution in [0.25, 0.3) is 21.2 Å². The molecule has 0 unspecified atom stereocenters. The molecule has 4 nitrogen and oxygen atoms in total. The van der Waals surface area contributed by atoms with Gasteiger partial charge in [-0.3, -0.25) is 9.69 Å². The van der Waals surface area contributed by atoms with Crippen molar-refractivity contribution in [3.05, 3.63) is 82.2 Å². The van der Waals surface area contributed by atoms with E-state index in [9.17, 15) is 9.90 Å². The van der Waals surface area contributed by atoms with Gasteiger partial charge >= 0.3 is 0 Å². The molecule has 162 valence electrons. The number of fused-ring (bicyclic) bond motifs is 1. The molecule has 0 bridgehead atoms. The lowest BCUT2D eigenvalue weighted by Gasteiger charge is -2.30. The third-order valence-electron chi connectivity index (χ3n) is 5.75. The van der Waals surface area contributed by atoms with E-state index in [0.29, 0.717) is 22.1 Å². The Bertz CT molecular complexity index is 1260. The minimum atomic E-state index is -0.0627. The number of halogens is 1. The average molecular weight is 464 g/mol. The maximum absolute atomic E-state index is 13.4. The van der Waals surface area contributed by atoms with Crippen LogP contribution in [0.2, 0.25) is 5.02 Å². The maximum Gasteiger partial charge on any atom is 0.203 e. The summed E-state index contributed by atoms with van der Waals surface area (Å²) in [6.07, 6.45) is 1.28. The van der Waals surface area contributed by atoms with Crippen molar-refractivity contribution >= 4 is 38.8 Å². The highest BCUT2D eigenvalue weighted by Crippen LogP contribution is 2.41. The molecule has 5 rings (SSSR count). The molecular weight excluding hydrogens is 442 g/mol. The Balaban J connectivity index is 1.48. The van der Waals surface area contributed by atoms with Gasteiger partial charge in [-0.1, -0.05) is 23.7 Å². The molecule has 1 aliphatic heterocycles. The number of aromatic hydroxyl groups is 1. The number of ketones is 1. The van der Waals surface area contributed by atoms with E-state index < -0.39 is 0 Å². The molecule has 0 radical (unpaired) electrons. The monoisotopic (exact) mass is 463 g/mol. The van der Waals surface area contributed by atoms with Gasteiger partial charge in [0.15, 0.2) is 0 Å². The molecule has 3 aromatic carbocycles. The van der Waals surface area contributed by atoms with Gasteiger partial charge in [-0.15, -0.1) is 11.3 Å². The van der Waals surface area contributed by atoms with Crippen LogP contribution in [0.4, 0.5) is 0 Å². The van der Waals surface area contributed by atoms with Gasteiger partial charge in [0.1, 0.15) is 18.1 Å². The molecule has 1 fully saturated rings. The minimum Gasteiger partial charge on any atom is -0.508 e. The van der Waals surface area contributed by atoms with Gasteiger partial charge in [0.05, 0.1) is 4.88 Å². The summed E-state index contributed by atoms with van der Waals surface area (Å²) in [5, 5.41) is 11.5. The van der Waals surface area contributed by atoms with Crippen LogP contribution in [0.15, 0.2) is 66.7 Å². The number of likely N-dealkylation sites (tertiary alicyclic amines) is 1. The predicted molar refractivity (Wildman–Crippen MR) is 130 cm³/mol. The number of carbonyl (C=O) groups excluding carboxylic acids is 1. The van der Waals surface area contributed by atoms with Crippen molar-refractivity contribution in [3.8, 4) is 22.6 Å². The topological polar surface area (TPSA) is 49.8 Å². The molecule has 2 heterocycles. The van der Waals surface area contributed by atoms with Gasteiger partial charge in [0, 0.05) is 32.8 Å². The predicted octanol–water partition coefficient (Wildman–Crippen LogP) is 6.24. The van der Waals surface area contributed by atoms with Gasteiger partial charge in [-0.05, 0) is 79.7 Å². The fourth-order valence-electron chi connectivity index (χ4n) is 3.88. The zero-order valence-electron chi connectivity index (χ0n) is 17.4. The Morgan fingerprint density at radius 2 is 1.78 bits per heavy atom. The standard InChI is InChI=1S/C26H22ClNO3S/c27-19-6-2-18(3-7-19)25(30)26-24(22-11-8-20(29)16-23(22)32-26)17-4-9-21(10-5-17)31-15-14-28-12-1-13-28/h2-11,16,29H,1,12-15H2. The van der Waals surface area contributed by atoms with Crippen LogP contribution < -0.4 is 4.74 Å². The summed E-state index contributed by atoms with van der Waals surface area (Å²) in [6, 6.07) is 20.0. The van der Waals surface area contributed by atoms with Crippen LogP contribution in [-0.4, -0.2) is 42.0 Å². The SMILES string of the molecule is O=C(c1ccc(Cl)cc1)c1sc2cc(O)ccc2c1-c1ccc(OCCN2CCC2)cc1. The van der Waals surface area contributed by atoms with Gasteiger partial charge in [0.2, 0.25) is 5.78 Å². The van der Waals surface area contributed by atoms with Gasteiger partial charge < -0.3 is 9.84 Å². The molecular formula is C26H22ClNO3S. The number of ether oxygens (including phenoxy) is 1. The molecule has 0 atom stereocenters. The van der Waals surface area contributed by atoms with Crippen molar-refractivity contribution < 1.29 is 14.6 Å². The molecule has 0 saturated carbocycles. The van der Waals surface area contributed by atoms with Gasteiger partial charge in [0.25, 0.3) is 0 Å². The first kappa shape index (κ1) is 21.0. The Morgan fingerprint density at radius 3 is 2.47 bits per heavy atom. The molecule has 4 aromatic rings. The Labute approximate surface area is 195 Å². The lowest BCUT2D eigenvalue weighted by atomic mass is 9.98. The van der Waals surface area contributed by atoms with Gasteiger partial charge in [-0.25, -0.2) is 0 Å². The zero-order chi connectivity index (χ0) is 22.1. The number of thiophene rings is 1. The highest BCUT2D eigenvalue weighted by atomic mass is 35.5. The smallest absolute Gasteiger partial charge is 0.203 e. The van der Waals surface area contributed by atoms with Gasteiger partial charge in [-0.2, -0.15) is 0 Å². The molecule has 1 aromatic heterocycles. The van der Waals surface area contributed by atoms with Crippen LogP contribution in [-0.2, 0) is 0 Å². The van der Waals surface area contributed by atoms with Crippen LogP contribution in [0.1, 0.15) is 21.7 Å². The molecule has 0 amide bonds. The van der Waals surface area contributed by atoms with Crippen molar-refractivity contribution in [2.75, 3.05) is 26.2 Å². The summed E-state index contributed by atoms with van der Waals surface area (Å²) in [7, 11) is 0. The lowest BCUT2D eigenvalue weighted by Crippen LogP contribution is -2.39. The van der Waals surface area contributed by atoms with Crippen molar-refractivity contribution in [2.24, 2.45) is 0 Å². The molecule has 6 heteroatoms. The van der Waals surface area contributed by atoms with Crippen LogP contribution >= 0.6 is 22.9 Å². The molecule has 1 saturated heterocycles. The van der Waals surface area contributed by atoms with Crippen molar-refractivity contribution in [3.63, 3.8) is 0 Å². The van der Waals surface area contributed by atoms with Crippen LogP contribution in [0, 0.1) is 0 Å². The Kier molecular flexibility index (Phi) is 5.87. The number of carbonyl (C=O) groups is 1. The van der Waals surface area contributed by atoms with E-state index in [4.69, 9.17) is 16.3 Å². The van der Waals surface area contributed by atoms with Crippen molar-refractivity contribution in [2.45, 2.75) is 6.42 Å². The minimum absolute atomic E-state index is 0.0627. The van der Waals surface area contributed by atoms with E-state index >= 15 is 0 Å². The van der Waals surface area contributed by atoms with E-state index in [-0.39, 0.29) is 11.5 Å². The maximum atomic E-state index is 13.4. The third-order valence-corrected chi connectivity index (χ3v) is 7.16. The Hall–Kier alpha value is -2.86. The van der Waals surface area contributed by atoms with E-state index in [1.54, 1.807) is 36.4 Å². The van der Waals surface area contributed by atoms with E-state index in [2.05, 4.69) is 4.90 Å². The highest BCUT2D eigenvalue weighted by molar-refractivity contribution is 7.21. The summed E-state index contributed by atoms with van der Waals surface area (Å²) >= 11 is 7.39. The highest BCUT2D eigenvalue weighted by Gasteiger charge is 2.21. The van der Waals surface area contributed by atoms with Crippen molar-refractivity contribution in [1.82, 2.24) is 4.90 Å². The normalized spacial score (nSPS) is 13.8. The number of phenolic OH excluding ortho intramolecular Hbond substituents is 1. The quantitative estimate of drug-likeness (QED) is 0.329. The number of hydrogen-bond donors (Lipinski definition) is 1. The second-order valence-electron chi connectivity index (χ2n) is 7.89. The summed E-state index contributed by atoms with van der Waals surface area (Å²) < 4.78 is 6.76. The number of nitrogens with zero attached hydrogens (tertiary/aromatic N) is 1. The average Bonchev–Trinajstić information content (AvgIpc) is 3.14. The molecule has 1 aliphatic rings. The van der Waals surface area contributed by atoms with E-state index in [0.717, 1.165) is 46.6 Å².